The SMILES string of the molecule is CC1(C2CCCC2)Cc2cc(OCn3cnnn3)c(Cl)c(Cl)c2C1=O. The van der Waals surface area contributed by atoms with Gasteiger partial charge >= 0.3 is 0 Å². The van der Waals surface area contributed by atoms with E-state index < -0.39 is 0 Å². The first-order chi connectivity index (χ1) is 12.0. The number of hydrogen-bond acceptors (Lipinski definition) is 5. The highest BCUT2D eigenvalue weighted by Gasteiger charge is 2.49. The molecule has 25 heavy (non-hydrogen) atoms. The molecule has 4 rings (SSSR count). The first kappa shape index (κ1) is 16.8. The van der Waals surface area contributed by atoms with Crippen LogP contribution in [0.1, 0.15) is 48.5 Å². The minimum absolute atomic E-state index is 0.119. The summed E-state index contributed by atoms with van der Waals surface area (Å²) in [7, 11) is 0. The lowest BCUT2D eigenvalue weighted by molar-refractivity contribution is 0.0744. The first-order valence-corrected chi connectivity index (χ1v) is 9.15. The van der Waals surface area contributed by atoms with Crippen LogP contribution in [0.5, 0.6) is 5.75 Å². The number of carbonyl (C=O) groups excluding carboxylic acids is 1. The molecule has 0 amide bonds. The van der Waals surface area contributed by atoms with E-state index in [1.807, 2.05) is 6.07 Å². The number of Topliss-reactive ketones (excluding diaryl/α,β-unsaturated/α-hetero) is 1. The van der Waals surface area contributed by atoms with Crippen molar-refractivity contribution < 1.29 is 9.53 Å². The number of ether oxygens (including phenoxy) is 1. The van der Waals surface area contributed by atoms with E-state index in [0.29, 0.717) is 23.7 Å². The molecule has 6 nitrogen and oxygen atoms in total. The van der Waals surface area contributed by atoms with Gasteiger partial charge in [-0.2, -0.15) is 4.68 Å². The van der Waals surface area contributed by atoms with Gasteiger partial charge in [-0.1, -0.05) is 43.0 Å². The molecule has 2 aliphatic rings. The van der Waals surface area contributed by atoms with Crippen molar-refractivity contribution in [3.63, 3.8) is 0 Å². The fraction of sp³-hybridized carbons (Fsp3) is 0.529. The molecule has 1 aromatic heterocycles. The minimum atomic E-state index is -0.389. The molecule has 0 saturated heterocycles. The average molecular weight is 381 g/mol. The summed E-state index contributed by atoms with van der Waals surface area (Å²) in [5.41, 5.74) is 1.09. The lowest BCUT2D eigenvalue weighted by Crippen LogP contribution is -2.32. The summed E-state index contributed by atoms with van der Waals surface area (Å²) in [6.45, 7) is 2.19. The van der Waals surface area contributed by atoms with Crippen LogP contribution in [-0.4, -0.2) is 26.0 Å². The van der Waals surface area contributed by atoms with Crippen LogP contribution in [0, 0.1) is 11.3 Å². The normalized spacial score (nSPS) is 23.2. The summed E-state index contributed by atoms with van der Waals surface area (Å²) in [6, 6.07) is 1.84. The molecule has 1 fully saturated rings. The Labute approximate surface area is 155 Å². The number of aromatic nitrogens is 4. The molecular weight excluding hydrogens is 363 g/mol. The summed E-state index contributed by atoms with van der Waals surface area (Å²) in [6.07, 6.45) is 6.72. The Hall–Kier alpha value is -1.66. The van der Waals surface area contributed by atoms with E-state index >= 15 is 0 Å². The van der Waals surface area contributed by atoms with E-state index in [9.17, 15) is 4.79 Å². The van der Waals surface area contributed by atoms with Gasteiger partial charge in [-0.05, 0) is 47.2 Å². The lowest BCUT2D eigenvalue weighted by atomic mass is 9.73. The predicted octanol–water partition coefficient (Wildman–Crippen LogP) is 3.95. The molecule has 0 aliphatic heterocycles. The van der Waals surface area contributed by atoms with Crippen molar-refractivity contribution in [2.45, 2.75) is 45.8 Å². The summed E-state index contributed by atoms with van der Waals surface area (Å²) >= 11 is 12.8. The topological polar surface area (TPSA) is 69.9 Å². The van der Waals surface area contributed by atoms with Crippen molar-refractivity contribution in [2.75, 3.05) is 0 Å². The first-order valence-electron chi connectivity index (χ1n) is 8.40. The predicted molar refractivity (Wildman–Crippen MR) is 93.0 cm³/mol. The van der Waals surface area contributed by atoms with Crippen molar-refractivity contribution in [1.82, 2.24) is 20.2 Å². The van der Waals surface area contributed by atoms with Gasteiger partial charge in [0.15, 0.2) is 12.5 Å². The van der Waals surface area contributed by atoms with Crippen LogP contribution in [-0.2, 0) is 13.2 Å². The molecule has 132 valence electrons. The number of halogens is 2. The molecule has 2 aliphatic carbocycles. The van der Waals surface area contributed by atoms with Crippen molar-refractivity contribution >= 4 is 29.0 Å². The Balaban J connectivity index is 1.65. The second-order valence-electron chi connectivity index (χ2n) is 7.06. The largest absolute Gasteiger partial charge is 0.469 e. The van der Waals surface area contributed by atoms with Crippen LogP contribution in [0.25, 0.3) is 0 Å². The van der Waals surface area contributed by atoms with Crippen molar-refractivity contribution in [3.05, 3.63) is 33.6 Å². The molecule has 0 N–H and O–H groups in total. The third-order valence-electron chi connectivity index (χ3n) is 5.56. The van der Waals surface area contributed by atoms with Gasteiger partial charge in [-0.25, -0.2) is 0 Å². The van der Waals surface area contributed by atoms with Crippen molar-refractivity contribution in [2.24, 2.45) is 11.3 Å². The number of tetrazole rings is 1. The molecule has 1 saturated carbocycles. The van der Waals surface area contributed by atoms with Crippen LogP contribution in [0.3, 0.4) is 0 Å². The lowest BCUT2D eigenvalue weighted by Gasteiger charge is -2.29. The highest BCUT2D eigenvalue weighted by atomic mass is 35.5. The van der Waals surface area contributed by atoms with Crippen LogP contribution in [0.15, 0.2) is 12.4 Å². The number of nitrogens with zero attached hydrogens (tertiary/aromatic N) is 4. The Morgan fingerprint density at radius 1 is 1.32 bits per heavy atom. The molecule has 1 atom stereocenters. The minimum Gasteiger partial charge on any atom is -0.469 e. The quantitative estimate of drug-likeness (QED) is 0.802. The van der Waals surface area contributed by atoms with Gasteiger partial charge in [-0.3, -0.25) is 4.79 Å². The average Bonchev–Trinajstić information content (AvgIpc) is 3.33. The van der Waals surface area contributed by atoms with Crippen molar-refractivity contribution in [3.8, 4) is 5.75 Å². The van der Waals surface area contributed by atoms with Crippen LogP contribution >= 0.6 is 23.2 Å². The maximum absolute atomic E-state index is 13.1. The zero-order chi connectivity index (χ0) is 17.6. The summed E-state index contributed by atoms with van der Waals surface area (Å²) < 4.78 is 7.14. The number of ketones is 1. The molecule has 2 aromatic rings. The maximum atomic E-state index is 13.1. The number of benzene rings is 1. The molecule has 0 radical (unpaired) electrons. The summed E-state index contributed by atoms with van der Waals surface area (Å²) in [4.78, 5) is 13.1. The third-order valence-corrected chi connectivity index (χ3v) is 6.41. The van der Waals surface area contributed by atoms with Gasteiger partial charge in [0.25, 0.3) is 0 Å². The summed E-state index contributed by atoms with van der Waals surface area (Å²) in [5, 5.41) is 11.4. The number of fused-ring (bicyclic) bond motifs is 1. The van der Waals surface area contributed by atoms with E-state index in [2.05, 4.69) is 22.4 Å². The second kappa shape index (κ2) is 6.25. The van der Waals surface area contributed by atoms with Gasteiger partial charge in [0.1, 0.15) is 17.1 Å². The van der Waals surface area contributed by atoms with Crippen molar-refractivity contribution in [1.29, 1.82) is 0 Å². The van der Waals surface area contributed by atoms with E-state index in [4.69, 9.17) is 27.9 Å². The Morgan fingerprint density at radius 2 is 2.08 bits per heavy atom. The molecule has 1 aromatic carbocycles. The maximum Gasteiger partial charge on any atom is 0.184 e. The Kier molecular flexibility index (Phi) is 4.20. The number of carbonyl (C=O) groups is 1. The van der Waals surface area contributed by atoms with Gasteiger partial charge in [-0.15, -0.1) is 5.10 Å². The van der Waals surface area contributed by atoms with E-state index in [-0.39, 0.29) is 28.0 Å². The molecule has 0 spiro atoms. The zero-order valence-electron chi connectivity index (χ0n) is 13.8. The highest BCUT2D eigenvalue weighted by molar-refractivity contribution is 6.45. The van der Waals surface area contributed by atoms with E-state index in [0.717, 1.165) is 18.4 Å². The monoisotopic (exact) mass is 380 g/mol. The molecule has 1 heterocycles. The number of hydrogen-bond donors (Lipinski definition) is 0. The molecular formula is C17H18Cl2N4O2. The smallest absolute Gasteiger partial charge is 0.184 e. The zero-order valence-corrected chi connectivity index (χ0v) is 15.3. The standard InChI is InChI=1S/C17H18Cl2N4O2/c1-17(11-4-2-3-5-11)7-10-6-12(25-9-23-8-20-21-22-23)14(18)15(19)13(10)16(17)24/h6,8,11H,2-5,7,9H2,1H3. The van der Waals surface area contributed by atoms with Gasteiger partial charge in [0.05, 0.1) is 5.02 Å². The molecule has 0 bridgehead atoms. The summed E-state index contributed by atoms with van der Waals surface area (Å²) in [5.74, 6) is 0.977. The van der Waals surface area contributed by atoms with Gasteiger partial charge < -0.3 is 4.74 Å². The van der Waals surface area contributed by atoms with Crippen LogP contribution in [0.2, 0.25) is 10.0 Å². The van der Waals surface area contributed by atoms with Crippen LogP contribution in [0.4, 0.5) is 0 Å². The fourth-order valence-corrected chi connectivity index (χ4v) is 4.68. The molecule has 1 unspecified atom stereocenters. The van der Waals surface area contributed by atoms with Gasteiger partial charge in [0, 0.05) is 11.0 Å². The molecule has 8 heteroatoms. The van der Waals surface area contributed by atoms with Crippen LogP contribution < -0.4 is 4.74 Å². The second-order valence-corrected chi connectivity index (χ2v) is 7.82. The van der Waals surface area contributed by atoms with Gasteiger partial charge in [0.2, 0.25) is 0 Å². The Morgan fingerprint density at radius 3 is 2.76 bits per heavy atom. The highest BCUT2D eigenvalue weighted by Crippen LogP contribution is 2.52. The third kappa shape index (κ3) is 2.72. The number of rotatable bonds is 4. The van der Waals surface area contributed by atoms with E-state index in [1.165, 1.54) is 23.9 Å². The van der Waals surface area contributed by atoms with E-state index in [1.54, 1.807) is 0 Å². The Bertz CT molecular complexity index is 819. The fourth-order valence-electron chi connectivity index (χ4n) is 4.17.